The van der Waals surface area contributed by atoms with Gasteiger partial charge in [-0.2, -0.15) is 0 Å². The number of para-hydroxylation sites is 1. The van der Waals surface area contributed by atoms with Crippen molar-refractivity contribution in [2.24, 2.45) is 5.92 Å². The molecule has 4 rings (SSSR count). The van der Waals surface area contributed by atoms with Gasteiger partial charge in [0.1, 0.15) is 0 Å². The zero-order valence-electron chi connectivity index (χ0n) is 14.7. The number of aromatic nitrogens is 4. The maximum atomic E-state index is 12.9. The van der Waals surface area contributed by atoms with E-state index in [0.29, 0.717) is 25.2 Å². The van der Waals surface area contributed by atoms with E-state index in [2.05, 4.69) is 15.3 Å². The van der Waals surface area contributed by atoms with Crippen molar-refractivity contribution in [3.8, 4) is 0 Å². The molecule has 1 fully saturated rings. The molecule has 1 aliphatic heterocycles. The van der Waals surface area contributed by atoms with Gasteiger partial charge < -0.3 is 10.0 Å². The first kappa shape index (κ1) is 17.1. The molecule has 0 aliphatic carbocycles. The minimum Gasteiger partial charge on any atom is -0.476 e. The van der Waals surface area contributed by atoms with E-state index in [1.807, 2.05) is 35.2 Å². The number of fused-ring (bicyclic) bond motifs is 1. The second-order valence-electron chi connectivity index (χ2n) is 6.81. The van der Waals surface area contributed by atoms with E-state index >= 15 is 0 Å². The standard InChI is InChI=1S/C19H19N5O3/c25-18(15-8-14-5-1-2-6-16(14)20-9-15)23-7-3-4-13(10-23)11-24-12-17(19(26)27)21-22-24/h1-2,5-6,8-9,12-13H,3-4,7,10-11H2,(H,26,27)/t13-/m1/s1. The molecule has 1 atom stereocenters. The number of hydrogen-bond donors (Lipinski definition) is 1. The topological polar surface area (TPSA) is 101 Å². The fourth-order valence-electron chi connectivity index (χ4n) is 3.52. The average molecular weight is 365 g/mol. The number of carboxylic acid groups (broad SMARTS) is 1. The van der Waals surface area contributed by atoms with Crippen molar-refractivity contribution in [2.75, 3.05) is 13.1 Å². The van der Waals surface area contributed by atoms with E-state index in [9.17, 15) is 9.59 Å². The highest BCUT2D eigenvalue weighted by Gasteiger charge is 2.25. The molecule has 1 aliphatic rings. The number of aromatic carboxylic acids is 1. The molecule has 1 aromatic carbocycles. The number of amides is 1. The van der Waals surface area contributed by atoms with Crippen molar-refractivity contribution >= 4 is 22.8 Å². The van der Waals surface area contributed by atoms with Crippen LogP contribution >= 0.6 is 0 Å². The van der Waals surface area contributed by atoms with E-state index < -0.39 is 5.97 Å². The van der Waals surface area contributed by atoms with Crippen LogP contribution in [0.2, 0.25) is 0 Å². The SMILES string of the molecule is O=C(O)c1cn(C[C@@H]2CCCN(C(=O)c3cnc4ccccc4c3)C2)nn1. The number of hydrogen-bond acceptors (Lipinski definition) is 5. The largest absolute Gasteiger partial charge is 0.476 e. The van der Waals surface area contributed by atoms with Crippen LogP contribution in [0.3, 0.4) is 0 Å². The molecule has 3 aromatic rings. The molecule has 0 unspecified atom stereocenters. The van der Waals surface area contributed by atoms with Gasteiger partial charge in [-0.3, -0.25) is 14.5 Å². The molecular weight excluding hydrogens is 346 g/mol. The molecule has 8 nitrogen and oxygen atoms in total. The summed E-state index contributed by atoms with van der Waals surface area (Å²) < 4.78 is 1.54. The molecule has 2 aromatic heterocycles. The lowest BCUT2D eigenvalue weighted by Crippen LogP contribution is -2.41. The van der Waals surface area contributed by atoms with Crippen LogP contribution in [0.15, 0.2) is 42.7 Å². The van der Waals surface area contributed by atoms with E-state index in [1.165, 1.54) is 6.20 Å². The monoisotopic (exact) mass is 365 g/mol. The van der Waals surface area contributed by atoms with Crippen LogP contribution in [0.25, 0.3) is 10.9 Å². The predicted molar refractivity (Wildman–Crippen MR) is 97.4 cm³/mol. The highest BCUT2D eigenvalue weighted by molar-refractivity contribution is 5.97. The summed E-state index contributed by atoms with van der Waals surface area (Å²) >= 11 is 0. The van der Waals surface area contributed by atoms with Gasteiger partial charge in [-0.15, -0.1) is 5.10 Å². The van der Waals surface area contributed by atoms with Gasteiger partial charge >= 0.3 is 5.97 Å². The number of likely N-dealkylation sites (tertiary alicyclic amines) is 1. The van der Waals surface area contributed by atoms with Crippen molar-refractivity contribution in [2.45, 2.75) is 19.4 Å². The number of carbonyl (C=O) groups is 2. The molecule has 0 bridgehead atoms. The Morgan fingerprint density at radius 1 is 1.26 bits per heavy atom. The van der Waals surface area contributed by atoms with E-state index in [4.69, 9.17) is 5.11 Å². The number of carboxylic acids is 1. The van der Waals surface area contributed by atoms with Gasteiger partial charge in [-0.25, -0.2) is 4.79 Å². The van der Waals surface area contributed by atoms with Gasteiger partial charge in [0.2, 0.25) is 0 Å². The van der Waals surface area contributed by atoms with E-state index in [1.54, 1.807) is 10.9 Å². The Kier molecular flexibility index (Phi) is 4.53. The van der Waals surface area contributed by atoms with Crippen molar-refractivity contribution in [1.29, 1.82) is 0 Å². The lowest BCUT2D eigenvalue weighted by Gasteiger charge is -2.32. The fraction of sp³-hybridized carbons (Fsp3) is 0.316. The van der Waals surface area contributed by atoms with Crippen LogP contribution in [0.1, 0.15) is 33.7 Å². The summed E-state index contributed by atoms with van der Waals surface area (Å²) in [5.41, 5.74) is 1.38. The minimum atomic E-state index is -1.09. The van der Waals surface area contributed by atoms with Crippen LogP contribution < -0.4 is 0 Å². The zero-order valence-corrected chi connectivity index (χ0v) is 14.7. The Morgan fingerprint density at radius 2 is 2.11 bits per heavy atom. The van der Waals surface area contributed by atoms with Gasteiger partial charge in [0.15, 0.2) is 5.69 Å². The number of piperidine rings is 1. The first-order valence-corrected chi connectivity index (χ1v) is 8.87. The quantitative estimate of drug-likeness (QED) is 0.760. The average Bonchev–Trinajstić information content (AvgIpc) is 3.16. The molecule has 0 radical (unpaired) electrons. The summed E-state index contributed by atoms with van der Waals surface area (Å²) in [6.07, 6.45) is 4.92. The Bertz CT molecular complexity index is 1000. The summed E-state index contributed by atoms with van der Waals surface area (Å²) in [7, 11) is 0. The highest BCUT2D eigenvalue weighted by atomic mass is 16.4. The van der Waals surface area contributed by atoms with Crippen molar-refractivity contribution in [1.82, 2.24) is 24.9 Å². The Labute approximate surface area is 155 Å². The summed E-state index contributed by atoms with van der Waals surface area (Å²) in [5.74, 6) is -0.910. The number of pyridine rings is 1. The summed E-state index contributed by atoms with van der Waals surface area (Å²) in [5, 5.41) is 17.4. The molecule has 1 amide bonds. The molecule has 138 valence electrons. The predicted octanol–water partition coefficient (Wildman–Crippen LogP) is 2.08. The number of benzene rings is 1. The molecule has 0 spiro atoms. The first-order chi connectivity index (χ1) is 13.1. The first-order valence-electron chi connectivity index (χ1n) is 8.87. The zero-order chi connectivity index (χ0) is 18.8. The number of rotatable bonds is 4. The summed E-state index contributed by atoms with van der Waals surface area (Å²) in [4.78, 5) is 30.1. The van der Waals surface area contributed by atoms with Gasteiger partial charge in [-0.05, 0) is 30.9 Å². The fourth-order valence-corrected chi connectivity index (χ4v) is 3.52. The number of carbonyl (C=O) groups excluding carboxylic acids is 1. The maximum absolute atomic E-state index is 12.9. The second kappa shape index (κ2) is 7.14. The molecule has 1 saturated heterocycles. The van der Waals surface area contributed by atoms with Gasteiger partial charge in [0, 0.05) is 31.2 Å². The lowest BCUT2D eigenvalue weighted by molar-refractivity contribution is 0.0658. The Hall–Kier alpha value is -3.29. The smallest absolute Gasteiger partial charge is 0.358 e. The van der Waals surface area contributed by atoms with E-state index in [0.717, 1.165) is 23.7 Å². The third-order valence-corrected chi connectivity index (χ3v) is 4.85. The highest BCUT2D eigenvalue weighted by Crippen LogP contribution is 2.21. The van der Waals surface area contributed by atoms with Crippen LogP contribution in [-0.4, -0.2) is 55.0 Å². The molecule has 1 N–H and O–H groups in total. The maximum Gasteiger partial charge on any atom is 0.358 e. The molecular formula is C19H19N5O3. The van der Waals surface area contributed by atoms with Crippen LogP contribution in [0, 0.1) is 5.92 Å². The van der Waals surface area contributed by atoms with Crippen LogP contribution in [0.4, 0.5) is 0 Å². The van der Waals surface area contributed by atoms with Gasteiger partial charge in [0.25, 0.3) is 5.91 Å². The van der Waals surface area contributed by atoms with Crippen molar-refractivity contribution < 1.29 is 14.7 Å². The Morgan fingerprint density at radius 3 is 2.93 bits per heavy atom. The van der Waals surface area contributed by atoms with Gasteiger partial charge in [0.05, 0.1) is 17.3 Å². The summed E-state index contributed by atoms with van der Waals surface area (Å²) in [6, 6.07) is 9.60. The van der Waals surface area contributed by atoms with Gasteiger partial charge in [-0.1, -0.05) is 23.4 Å². The van der Waals surface area contributed by atoms with Crippen LogP contribution in [-0.2, 0) is 6.54 Å². The Balaban J connectivity index is 1.46. The lowest BCUT2D eigenvalue weighted by atomic mass is 9.97. The molecule has 27 heavy (non-hydrogen) atoms. The molecule has 0 saturated carbocycles. The van der Waals surface area contributed by atoms with E-state index in [-0.39, 0.29) is 17.5 Å². The number of nitrogens with zero attached hydrogens (tertiary/aromatic N) is 5. The molecule has 8 heteroatoms. The van der Waals surface area contributed by atoms with Crippen LogP contribution in [0.5, 0.6) is 0 Å². The van der Waals surface area contributed by atoms with Crippen molar-refractivity contribution in [3.05, 3.63) is 54.0 Å². The second-order valence-corrected chi connectivity index (χ2v) is 6.81. The summed E-state index contributed by atoms with van der Waals surface area (Å²) in [6.45, 7) is 1.86. The minimum absolute atomic E-state index is 0.0252. The molecule has 3 heterocycles. The normalized spacial score (nSPS) is 17.2. The third kappa shape index (κ3) is 3.64. The van der Waals surface area contributed by atoms with Crippen molar-refractivity contribution in [3.63, 3.8) is 0 Å². The third-order valence-electron chi connectivity index (χ3n) is 4.85.